The molecule has 0 spiro atoms. The SMILES string of the molecule is COc1ccccc1-c1nc2c3c(ncn2n1)OC(C)=C(C(C)=O)[C@@H]3c1ccco1. The van der Waals surface area contributed by atoms with Gasteiger partial charge in [0.2, 0.25) is 5.88 Å². The average Bonchev–Trinajstić information content (AvgIpc) is 3.42. The number of Topliss-reactive ketones (excluding diaryl/α,β-unsaturated/α-hetero) is 1. The summed E-state index contributed by atoms with van der Waals surface area (Å²) < 4.78 is 18.6. The Morgan fingerprint density at radius 1 is 1.20 bits per heavy atom. The van der Waals surface area contributed by atoms with E-state index >= 15 is 0 Å². The van der Waals surface area contributed by atoms with Gasteiger partial charge in [-0.2, -0.15) is 0 Å². The van der Waals surface area contributed by atoms with Crippen LogP contribution in [0.3, 0.4) is 0 Å². The van der Waals surface area contributed by atoms with Gasteiger partial charge in [-0.25, -0.2) is 14.5 Å². The molecular weight excluding hydrogens is 384 g/mol. The molecule has 4 heterocycles. The van der Waals surface area contributed by atoms with Crippen LogP contribution in [0, 0.1) is 0 Å². The normalized spacial score (nSPS) is 15.8. The molecule has 0 saturated heterocycles. The third-order valence-corrected chi connectivity index (χ3v) is 5.15. The number of hydrogen-bond donors (Lipinski definition) is 0. The molecule has 0 bridgehead atoms. The van der Waals surface area contributed by atoms with Crippen LogP contribution in [0.2, 0.25) is 0 Å². The van der Waals surface area contributed by atoms with Gasteiger partial charge in [-0.15, -0.1) is 5.10 Å². The minimum absolute atomic E-state index is 0.106. The Kier molecular flexibility index (Phi) is 4.13. The number of ketones is 1. The van der Waals surface area contributed by atoms with Gasteiger partial charge in [0.05, 0.1) is 30.4 Å². The number of rotatable bonds is 4. The summed E-state index contributed by atoms with van der Waals surface area (Å²) in [5, 5.41) is 4.58. The summed E-state index contributed by atoms with van der Waals surface area (Å²) in [4.78, 5) is 21.7. The molecule has 1 aliphatic heterocycles. The van der Waals surface area contributed by atoms with Crippen molar-refractivity contribution in [3.63, 3.8) is 0 Å². The van der Waals surface area contributed by atoms with Gasteiger partial charge in [-0.1, -0.05) is 12.1 Å². The van der Waals surface area contributed by atoms with Crippen molar-refractivity contribution in [1.29, 1.82) is 0 Å². The van der Waals surface area contributed by atoms with Gasteiger partial charge in [0.25, 0.3) is 0 Å². The highest BCUT2D eigenvalue weighted by Crippen LogP contribution is 2.44. The second-order valence-electron chi connectivity index (χ2n) is 6.94. The number of ether oxygens (including phenoxy) is 2. The monoisotopic (exact) mass is 402 g/mol. The van der Waals surface area contributed by atoms with Crippen molar-refractivity contribution in [3.8, 4) is 23.0 Å². The number of aromatic nitrogens is 4. The second-order valence-corrected chi connectivity index (χ2v) is 6.94. The first-order valence-electron chi connectivity index (χ1n) is 9.40. The molecule has 150 valence electrons. The number of benzene rings is 1. The number of allylic oxidation sites excluding steroid dienone is 2. The van der Waals surface area contributed by atoms with Crippen molar-refractivity contribution in [2.75, 3.05) is 7.11 Å². The quantitative estimate of drug-likeness (QED) is 0.513. The molecule has 5 rings (SSSR count). The fourth-order valence-electron chi connectivity index (χ4n) is 3.88. The largest absolute Gasteiger partial charge is 0.496 e. The van der Waals surface area contributed by atoms with E-state index in [1.165, 1.54) is 6.92 Å². The highest BCUT2D eigenvalue weighted by atomic mass is 16.5. The number of methoxy groups -OCH3 is 1. The Labute approximate surface area is 171 Å². The molecule has 8 nitrogen and oxygen atoms in total. The summed E-state index contributed by atoms with van der Waals surface area (Å²) in [5.41, 5.74) is 2.43. The first-order valence-corrected chi connectivity index (χ1v) is 9.40. The number of carbonyl (C=O) groups is 1. The lowest BCUT2D eigenvalue weighted by molar-refractivity contribution is -0.114. The third-order valence-electron chi connectivity index (χ3n) is 5.15. The van der Waals surface area contributed by atoms with Gasteiger partial charge < -0.3 is 13.9 Å². The zero-order chi connectivity index (χ0) is 20.8. The van der Waals surface area contributed by atoms with Crippen LogP contribution in [-0.4, -0.2) is 32.5 Å². The van der Waals surface area contributed by atoms with Crippen LogP contribution >= 0.6 is 0 Å². The van der Waals surface area contributed by atoms with E-state index < -0.39 is 5.92 Å². The molecule has 0 aliphatic carbocycles. The molecule has 8 heteroatoms. The first-order chi connectivity index (χ1) is 14.6. The number of hydrogen-bond acceptors (Lipinski definition) is 7. The minimum Gasteiger partial charge on any atom is -0.496 e. The van der Waals surface area contributed by atoms with Crippen molar-refractivity contribution in [1.82, 2.24) is 19.6 Å². The summed E-state index contributed by atoms with van der Waals surface area (Å²) in [6.45, 7) is 3.27. The maximum Gasteiger partial charge on any atom is 0.228 e. The highest BCUT2D eigenvalue weighted by Gasteiger charge is 2.37. The lowest BCUT2D eigenvalue weighted by atomic mass is 9.85. The van der Waals surface area contributed by atoms with E-state index in [2.05, 4.69) is 10.1 Å². The first kappa shape index (κ1) is 18.1. The van der Waals surface area contributed by atoms with Crippen molar-refractivity contribution in [2.24, 2.45) is 0 Å². The molecule has 0 N–H and O–H groups in total. The summed E-state index contributed by atoms with van der Waals surface area (Å²) in [6, 6.07) is 11.1. The maximum atomic E-state index is 12.5. The van der Waals surface area contributed by atoms with E-state index in [0.717, 1.165) is 5.56 Å². The molecular formula is C22H18N4O4. The maximum absolute atomic E-state index is 12.5. The van der Waals surface area contributed by atoms with Crippen molar-refractivity contribution in [3.05, 3.63) is 71.6 Å². The van der Waals surface area contributed by atoms with Crippen LogP contribution in [0.25, 0.3) is 17.0 Å². The lowest BCUT2D eigenvalue weighted by Crippen LogP contribution is -2.21. The van der Waals surface area contributed by atoms with Gasteiger partial charge >= 0.3 is 0 Å². The van der Waals surface area contributed by atoms with Gasteiger partial charge in [0.1, 0.15) is 23.6 Å². The Morgan fingerprint density at radius 3 is 2.77 bits per heavy atom. The standard InChI is InChI=1S/C22H18N4O4/c1-12(27)17-13(2)30-22-19(18(17)16-9-6-10-29-16)21-24-20(25-26(21)11-23-22)14-7-4-5-8-15(14)28-3/h4-11,18H,1-3H3/t18-/m0/s1. The summed E-state index contributed by atoms with van der Waals surface area (Å²) >= 11 is 0. The number of nitrogens with zero attached hydrogens (tertiary/aromatic N) is 4. The molecule has 30 heavy (non-hydrogen) atoms. The Balaban J connectivity index is 1.78. The smallest absolute Gasteiger partial charge is 0.228 e. The molecule has 4 aromatic rings. The van der Waals surface area contributed by atoms with Crippen molar-refractivity contribution < 1.29 is 18.7 Å². The van der Waals surface area contributed by atoms with Crippen molar-refractivity contribution in [2.45, 2.75) is 19.8 Å². The average molecular weight is 402 g/mol. The predicted octanol–water partition coefficient (Wildman–Crippen LogP) is 3.78. The van der Waals surface area contributed by atoms with Gasteiger partial charge in [-0.3, -0.25) is 4.79 Å². The fourth-order valence-corrected chi connectivity index (χ4v) is 3.88. The van der Waals surface area contributed by atoms with Crippen LogP contribution in [0.5, 0.6) is 11.6 Å². The number of para-hydroxylation sites is 1. The summed E-state index contributed by atoms with van der Waals surface area (Å²) in [6.07, 6.45) is 3.13. The van der Waals surface area contributed by atoms with E-state index in [-0.39, 0.29) is 5.78 Å². The van der Waals surface area contributed by atoms with E-state index in [9.17, 15) is 4.79 Å². The van der Waals surface area contributed by atoms with E-state index in [1.54, 1.807) is 37.2 Å². The number of fused-ring (bicyclic) bond motifs is 3. The summed E-state index contributed by atoms with van der Waals surface area (Å²) in [7, 11) is 1.60. The van der Waals surface area contributed by atoms with Gasteiger partial charge in [-0.05, 0) is 38.1 Å². The molecule has 1 aliphatic rings. The van der Waals surface area contributed by atoms with E-state index in [4.69, 9.17) is 18.9 Å². The van der Waals surface area contributed by atoms with Crippen LogP contribution in [0.4, 0.5) is 0 Å². The molecule has 1 atom stereocenters. The van der Waals surface area contributed by atoms with Crippen LogP contribution < -0.4 is 9.47 Å². The molecule has 1 aromatic carbocycles. The molecule has 0 unspecified atom stereocenters. The zero-order valence-electron chi connectivity index (χ0n) is 16.6. The van der Waals surface area contributed by atoms with Crippen LogP contribution in [0.1, 0.15) is 31.1 Å². The molecule has 0 fully saturated rings. The van der Waals surface area contributed by atoms with Crippen LogP contribution in [0.15, 0.2) is 64.7 Å². The Morgan fingerprint density at radius 2 is 2.03 bits per heavy atom. The molecule has 0 saturated carbocycles. The molecule has 3 aromatic heterocycles. The highest BCUT2D eigenvalue weighted by molar-refractivity contribution is 5.97. The Hall–Kier alpha value is -3.94. The molecule has 0 amide bonds. The summed E-state index contributed by atoms with van der Waals surface area (Å²) in [5.74, 6) is 2.04. The zero-order valence-corrected chi connectivity index (χ0v) is 16.6. The van der Waals surface area contributed by atoms with Gasteiger partial charge in [0, 0.05) is 5.57 Å². The minimum atomic E-state index is -0.493. The van der Waals surface area contributed by atoms with E-state index in [1.807, 2.05) is 30.3 Å². The predicted molar refractivity (Wildman–Crippen MR) is 107 cm³/mol. The number of furan rings is 1. The topological polar surface area (TPSA) is 91.8 Å². The number of carbonyl (C=O) groups excluding carboxylic acids is 1. The fraction of sp³-hybridized carbons (Fsp3) is 0.182. The van der Waals surface area contributed by atoms with Gasteiger partial charge in [0.15, 0.2) is 17.3 Å². The lowest BCUT2D eigenvalue weighted by Gasteiger charge is -2.26. The van der Waals surface area contributed by atoms with Crippen LogP contribution in [-0.2, 0) is 4.79 Å². The Bertz CT molecular complexity index is 1300. The third kappa shape index (κ3) is 2.68. The second kappa shape index (κ2) is 6.84. The van der Waals surface area contributed by atoms with Crippen molar-refractivity contribution >= 4 is 11.4 Å². The molecule has 0 radical (unpaired) electrons. The van der Waals surface area contributed by atoms with E-state index in [0.29, 0.717) is 45.8 Å².